The van der Waals surface area contributed by atoms with Crippen LogP contribution >= 0.6 is 0 Å². The van der Waals surface area contributed by atoms with Gasteiger partial charge in [-0.3, -0.25) is 15.0 Å². The molecule has 1 aromatic heterocycles. The molecule has 0 spiro atoms. The third-order valence-electron chi connectivity index (χ3n) is 4.52. The average molecular weight is 360 g/mol. The number of piperidine rings is 1. The fourth-order valence-electron chi connectivity index (χ4n) is 3.09. The van der Waals surface area contributed by atoms with Crippen molar-refractivity contribution in [3.8, 4) is 5.75 Å². The number of nitrogens with zero attached hydrogens (tertiary/aromatic N) is 3. The zero-order chi connectivity index (χ0) is 18.5. The first-order valence-electron chi connectivity index (χ1n) is 8.47. The van der Waals surface area contributed by atoms with Crippen molar-refractivity contribution in [3.63, 3.8) is 0 Å². The van der Waals surface area contributed by atoms with Gasteiger partial charge in [0.2, 0.25) is 0 Å². The van der Waals surface area contributed by atoms with E-state index in [1.807, 2.05) is 6.07 Å². The van der Waals surface area contributed by atoms with Crippen LogP contribution in [0.25, 0.3) is 0 Å². The molecular weight excluding hydrogens is 339 g/mol. The van der Waals surface area contributed by atoms with Crippen molar-refractivity contribution in [1.82, 2.24) is 9.88 Å². The van der Waals surface area contributed by atoms with Gasteiger partial charge in [0.1, 0.15) is 12.0 Å². The van der Waals surface area contributed by atoms with Crippen molar-refractivity contribution in [1.29, 1.82) is 0 Å². The molecule has 0 aliphatic carbocycles. The van der Waals surface area contributed by atoms with Gasteiger partial charge in [-0.05, 0) is 36.6 Å². The highest BCUT2D eigenvalue weighted by molar-refractivity contribution is 5.41. The summed E-state index contributed by atoms with van der Waals surface area (Å²) in [6.45, 7) is 2.47. The molecule has 26 heavy (non-hydrogen) atoms. The van der Waals surface area contributed by atoms with Crippen LogP contribution in [0.5, 0.6) is 5.75 Å². The van der Waals surface area contributed by atoms with E-state index in [2.05, 4.69) is 15.2 Å². The number of benzene rings is 1. The molecule has 0 saturated carbocycles. The zero-order valence-corrected chi connectivity index (χ0v) is 14.5. The van der Waals surface area contributed by atoms with Gasteiger partial charge < -0.3 is 10.1 Å². The van der Waals surface area contributed by atoms with Crippen LogP contribution in [0, 0.1) is 15.9 Å². The molecule has 0 radical (unpaired) electrons. The molecule has 0 bridgehead atoms. The van der Waals surface area contributed by atoms with Gasteiger partial charge in [-0.25, -0.2) is 9.37 Å². The van der Waals surface area contributed by atoms with Crippen LogP contribution in [0.1, 0.15) is 18.4 Å². The number of nitro groups is 1. The Morgan fingerprint density at radius 2 is 2.12 bits per heavy atom. The summed E-state index contributed by atoms with van der Waals surface area (Å²) in [5, 5.41) is 14.0. The van der Waals surface area contributed by atoms with Gasteiger partial charge in [0.15, 0.2) is 11.6 Å². The molecule has 1 N–H and O–H groups in total. The Bertz CT molecular complexity index is 762. The van der Waals surface area contributed by atoms with Crippen LogP contribution in [0.15, 0.2) is 36.5 Å². The maximum atomic E-state index is 13.8. The number of rotatable bonds is 6. The summed E-state index contributed by atoms with van der Waals surface area (Å²) < 4.78 is 18.7. The molecule has 1 fully saturated rings. The van der Waals surface area contributed by atoms with Gasteiger partial charge in [-0.2, -0.15) is 0 Å². The minimum Gasteiger partial charge on any atom is -0.494 e. The Kier molecular flexibility index (Phi) is 5.62. The normalized spacial score (nSPS) is 15.6. The van der Waals surface area contributed by atoms with E-state index in [4.69, 9.17) is 4.74 Å². The van der Waals surface area contributed by atoms with Gasteiger partial charge in [0.25, 0.3) is 5.69 Å². The number of likely N-dealkylation sites (tertiary alicyclic amines) is 1. The summed E-state index contributed by atoms with van der Waals surface area (Å²) in [5.41, 5.74) is 0.906. The molecule has 0 atom stereocenters. The average Bonchev–Trinajstić information content (AvgIpc) is 2.64. The largest absolute Gasteiger partial charge is 0.494 e. The highest BCUT2D eigenvalue weighted by atomic mass is 19.1. The second-order valence-corrected chi connectivity index (χ2v) is 6.32. The molecule has 0 unspecified atom stereocenters. The smallest absolute Gasteiger partial charge is 0.287 e. The first-order chi connectivity index (χ1) is 12.5. The Labute approximate surface area is 150 Å². The van der Waals surface area contributed by atoms with Crippen molar-refractivity contribution in [2.45, 2.75) is 25.4 Å². The number of anilines is 1. The molecule has 0 amide bonds. The van der Waals surface area contributed by atoms with Crippen molar-refractivity contribution < 1.29 is 14.1 Å². The van der Waals surface area contributed by atoms with Gasteiger partial charge in [-0.1, -0.05) is 6.07 Å². The van der Waals surface area contributed by atoms with E-state index >= 15 is 0 Å². The van der Waals surface area contributed by atoms with Crippen molar-refractivity contribution in [3.05, 3.63) is 58.0 Å². The topological polar surface area (TPSA) is 80.5 Å². The number of hydrogen-bond acceptors (Lipinski definition) is 6. The van der Waals surface area contributed by atoms with Gasteiger partial charge in [0.05, 0.1) is 12.0 Å². The summed E-state index contributed by atoms with van der Waals surface area (Å²) in [6, 6.07) is 8.40. The predicted octanol–water partition coefficient (Wildman–Crippen LogP) is 3.21. The summed E-state index contributed by atoms with van der Waals surface area (Å²) in [4.78, 5) is 16.6. The predicted molar refractivity (Wildman–Crippen MR) is 95.8 cm³/mol. The minimum absolute atomic E-state index is 0.0166. The highest BCUT2D eigenvalue weighted by Crippen LogP contribution is 2.21. The summed E-state index contributed by atoms with van der Waals surface area (Å²) in [7, 11) is 1.45. The molecular formula is C18H21FN4O3. The number of ether oxygens (including phenoxy) is 1. The van der Waals surface area contributed by atoms with Gasteiger partial charge in [-0.15, -0.1) is 0 Å². The summed E-state index contributed by atoms with van der Waals surface area (Å²) >= 11 is 0. The fourth-order valence-corrected chi connectivity index (χ4v) is 3.09. The fraction of sp³-hybridized carbons (Fsp3) is 0.389. The van der Waals surface area contributed by atoms with E-state index in [1.165, 1.54) is 25.4 Å². The summed E-state index contributed by atoms with van der Waals surface area (Å²) in [6.07, 6.45) is 3.12. The second kappa shape index (κ2) is 8.09. The number of methoxy groups -OCH3 is 1. The first kappa shape index (κ1) is 18.1. The highest BCUT2D eigenvalue weighted by Gasteiger charge is 2.20. The summed E-state index contributed by atoms with van der Waals surface area (Å²) in [5.74, 6) is 0.560. The monoisotopic (exact) mass is 360 g/mol. The van der Waals surface area contributed by atoms with Crippen LogP contribution in [-0.4, -0.2) is 41.0 Å². The van der Waals surface area contributed by atoms with Crippen LogP contribution in [0.2, 0.25) is 0 Å². The second-order valence-electron chi connectivity index (χ2n) is 6.32. The Hall–Kier alpha value is -2.74. The molecule has 1 aliphatic rings. The molecule has 8 heteroatoms. The molecule has 1 aliphatic heterocycles. The Balaban J connectivity index is 1.49. The third kappa shape index (κ3) is 4.45. The molecule has 7 nitrogen and oxygen atoms in total. The molecule has 3 rings (SSSR count). The van der Waals surface area contributed by atoms with Crippen LogP contribution in [0.4, 0.5) is 15.9 Å². The standard InChI is InChI=1S/C18H21FN4O3/c1-26-17-4-2-13(10-16(17)19)12-22-8-6-14(7-9-22)21-18-5-3-15(11-20-18)23(24)25/h2-5,10-11,14H,6-9,12H2,1H3,(H,20,21). The Morgan fingerprint density at radius 3 is 2.69 bits per heavy atom. The molecule has 2 heterocycles. The van der Waals surface area contributed by atoms with Gasteiger partial charge in [0, 0.05) is 31.7 Å². The lowest BCUT2D eigenvalue weighted by molar-refractivity contribution is -0.385. The number of halogens is 1. The van der Waals surface area contributed by atoms with E-state index < -0.39 is 4.92 Å². The van der Waals surface area contributed by atoms with Crippen LogP contribution in [0.3, 0.4) is 0 Å². The van der Waals surface area contributed by atoms with Crippen molar-refractivity contribution >= 4 is 11.5 Å². The lowest BCUT2D eigenvalue weighted by Crippen LogP contribution is -2.38. The number of pyridine rings is 1. The van der Waals surface area contributed by atoms with E-state index in [0.29, 0.717) is 12.4 Å². The quantitative estimate of drug-likeness (QED) is 0.629. The maximum absolute atomic E-state index is 13.8. The molecule has 1 aromatic carbocycles. The van der Waals surface area contributed by atoms with Crippen molar-refractivity contribution in [2.24, 2.45) is 0 Å². The minimum atomic E-state index is -0.461. The van der Waals surface area contributed by atoms with E-state index in [-0.39, 0.29) is 23.3 Å². The van der Waals surface area contributed by atoms with Crippen molar-refractivity contribution in [2.75, 3.05) is 25.5 Å². The van der Waals surface area contributed by atoms with E-state index in [0.717, 1.165) is 31.5 Å². The van der Waals surface area contributed by atoms with Crippen LogP contribution < -0.4 is 10.1 Å². The maximum Gasteiger partial charge on any atom is 0.287 e. The molecule has 1 saturated heterocycles. The molecule has 138 valence electrons. The third-order valence-corrected chi connectivity index (χ3v) is 4.52. The number of aromatic nitrogens is 1. The van der Waals surface area contributed by atoms with E-state index in [9.17, 15) is 14.5 Å². The lowest BCUT2D eigenvalue weighted by Gasteiger charge is -2.32. The first-order valence-corrected chi connectivity index (χ1v) is 8.47. The lowest BCUT2D eigenvalue weighted by atomic mass is 10.0. The number of hydrogen-bond donors (Lipinski definition) is 1. The molecule has 2 aromatic rings. The SMILES string of the molecule is COc1ccc(CN2CCC(Nc3ccc([N+](=O)[O-])cn3)CC2)cc1F. The van der Waals surface area contributed by atoms with Gasteiger partial charge >= 0.3 is 0 Å². The zero-order valence-electron chi connectivity index (χ0n) is 14.5. The Morgan fingerprint density at radius 1 is 1.35 bits per heavy atom. The van der Waals surface area contributed by atoms with E-state index in [1.54, 1.807) is 12.1 Å². The van der Waals surface area contributed by atoms with Crippen LogP contribution in [-0.2, 0) is 6.54 Å². The number of nitrogens with one attached hydrogen (secondary N) is 1.